The number of aromatic nitrogens is 1. The second-order valence-corrected chi connectivity index (χ2v) is 11.4. The molecule has 0 amide bonds. The van der Waals surface area contributed by atoms with Gasteiger partial charge in [0, 0.05) is 24.7 Å². The van der Waals surface area contributed by atoms with E-state index in [2.05, 4.69) is 5.16 Å². The van der Waals surface area contributed by atoms with Gasteiger partial charge in [-0.15, -0.1) is 0 Å². The van der Waals surface area contributed by atoms with Crippen molar-refractivity contribution < 1.29 is 32.3 Å². The van der Waals surface area contributed by atoms with Crippen molar-refractivity contribution in [1.82, 2.24) is 5.16 Å². The first-order valence-corrected chi connectivity index (χ1v) is 11.6. The minimum absolute atomic E-state index is 0.00795. The highest BCUT2D eigenvalue weighted by Crippen LogP contribution is 2.28. The normalized spacial score (nSPS) is 16.9. The predicted octanol–water partition coefficient (Wildman–Crippen LogP) is 1.69. The summed E-state index contributed by atoms with van der Waals surface area (Å²) in [5, 5.41) is 12.9. The van der Waals surface area contributed by atoms with Gasteiger partial charge in [-0.05, 0) is 32.6 Å². The van der Waals surface area contributed by atoms with Gasteiger partial charge in [-0.3, -0.25) is 4.79 Å². The Morgan fingerprint density at radius 2 is 1.93 bits per heavy atom. The van der Waals surface area contributed by atoms with Gasteiger partial charge in [0.1, 0.15) is 10.5 Å². The molecule has 8 nitrogen and oxygen atoms in total. The highest BCUT2D eigenvalue weighted by molar-refractivity contribution is 7.93. The third-order valence-electron chi connectivity index (χ3n) is 5.53. The van der Waals surface area contributed by atoms with Crippen LogP contribution in [0.3, 0.4) is 0 Å². The van der Waals surface area contributed by atoms with E-state index in [1.54, 1.807) is 6.07 Å². The Hall–Kier alpha value is -1.29. The van der Waals surface area contributed by atoms with Crippen molar-refractivity contribution in [1.29, 1.82) is 0 Å². The largest absolute Gasteiger partial charge is 0.394 e. The van der Waals surface area contributed by atoms with E-state index in [0.717, 1.165) is 0 Å². The van der Waals surface area contributed by atoms with Gasteiger partial charge in [0.25, 0.3) is 0 Å². The van der Waals surface area contributed by atoms with E-state index >= 15 is 0 Å². The molecule has 1 aliphatic heterocycles. The minimum atomic E-state index is -3.63. The summed E-state index contributed by atoms with van der Waals surface area (Å²) in [6, 6.07) is 1.67. The predicted molar refractivity (Wildman–Crippen MR) is 108 cm³/mol. The van der Waals surface area contributed by atoms with Gasteiger partial charge < -0.3 is 19.1 Å². The van der Waals surface area contributed by atoms with Crippen molar-refractivity contribution >= 4 is 15.6 Å². The third kappa shape index (κ3) is 6.10. The van der Waals surface area contributed by atoms with Crippen molar-refractivity contribution in [2.45, 2.75) is 57.1 Å². The van der Waals surface area contributed by atoms with Crippen molar-refractivity contribution in [2.24, 2.45) is 5.92 Å². The number of nitrogens with zero attached hydrogens (tertiary/aromatic N) is 1. The first-order chi connectivity index (χ1) is 13.5. The summed E-state index contributed by atoms with van der Waals surface area (Å²) in [6.07, 6.45) is 1.26. The molecule has 0 saturated carbocycles. The Bertz CT molecular complexity index is 777. The monoisotopic (exact) mass is 431 g/mol. The van der Waals surface area contributed by atoms with E-state index in [9.17, 15) is 13.2 Å². The molecule has 1 aromatic heterocycles. The lowest BCUT2D eigenvalue weighted by Gasteiger charge is -2.28. The first kappa shape index (κ1) is 24.0. The van der Waals surface area contributed by atoms with E-state index < -0.39 is 25.8 Å². The quantitative estimate of drug-likeness (QED) is 0.526. The Morgan fingerprint density at radius 1 is 1.28 bits per heavy atom. The highest BCUT2D eigenvalue weighted by Gasteiger charge is 2.42. The maximum absolute atomic E-state index is 12.9. The van der Waals surface area contributed by atoms with Crippen molar-refractivity contribution in [2.75, 3.05) is 38.8 Å². The molecule has 1 fully saturated rings. The molecule has 0 bridgehead atoms. The second kappa shape index (κ2) is 9.68. The van der Waals surface area contributed by atoms with Crippen LogP contribution in [0.5, 0.6) is 0 Å². The molecule has 0 aliphatic carbocycles. The lowest BCUT2D eigenvalue weighted by atomic mass is 9.90. The molecular formula is C20H33NO7S. The molecule has 0 aromatic carbocycles. The number of ketones is 1. The lowest BCUT2D eigenvalue weighted by Crippen LogP contribution is -2.44. The molecule has 2 rings (SSSR count). The number of hydrogen-bond acceptors (Lipinski definition) is 8. The van der Waals surface area contributed by atoms with Gasteiger partial charge in [0.05, 0.1) is 37.7 Å². The molecule has 0 radical (unpaired) electrons. The minimum Gasteiger partial charge on any atom is -0.394 e. The summed E-state index contributed by atoms with van der Waals surface area (Å²) in [7, 11) is -3.63. The van der Waals surface area contributed by atoms with E-state index in [4.69, 9.17) is 19.1 Å². The van der Waals surface area contributed by atoms with Crippen LogP contribution >= 0.6 is 0 Å². The van der Waals surface area contributed by atoms with Crippen LogP contribution in [0.4, 0.5) is 0 Å². The standard InChI is InChI=1S/C20H33NO7S/c1-19(2,14-27-10-7-22)17-11-16(28-21-17)12-18(23)20(3,4)29(24,25)13-15-5-8-26-9-6-15/h11,15,22H,5-10,12-14H2,1-4H3. The lowest BCUT2D eigenvalue weighted by molar-refractivity contribution is -0.120. The average molecular weight is 432 g/mol. The zero-order chi connectivity index (χ0) is 21.7. The van der Waals surface area contributed by atoms with E-state index in [-0.39, 0.29) is 31.3 Å². The van der Waals surface area contributed by atoms with E-state index in [1.807, 2.05) is 13.8 Å². The summed E-state index contributed by atoms with van der Waals surface area (Å²) >= 11 is 0. The molecular weight excluding hydrogens is 398 g/mol. The smallest absolute Gasteiger partial charge is 0.162 e. The van der Waals surface area contributed by atoms with Crippen LogP contribution in [-0.4, -0.2) is 68.0 Å². The summed E-state index contributed by atoms with van der Waals surface area (Å²) in [6.45, 7) is 8.38. The zero-order valence-corrected chi connectivity index (χ0v) is 18.6. The summed E-state index contributed by atoms with van der Waals surface area (Å²) in [5.74, 6) is -0.0694. The molecule has 0 atom stereocenters. The van der Waals surface area contributed by atoms with E-state index in [0.29, 0.717) is 44.1 Å². The van der Waals surface area contributed by atoms with E-state index in [1.165, 1.54) is 13.8 Å². The van der Waals surface area contributed by atoms with Crippen LogP contribution in [0.25, 0.3) is 0 Å². The Balaban J connectivity index is 2.03. The molecule has 1 saturated heterocycles. The van der Waals surface area contributed by atoms with Gasteiger partial charge >= 0.3 is 0 Å². The van der Waals surface area contributed by atoms with Crippen LogP contribution < -0.4 is 0 Å². The Kier molecular flexibility index (Phi) is 8.00. The van der Waals surface area contributed by atoms with Crippen LogP contribution in [0.2, 0.25) is 0 Å². The Morgan fingerprint density at radius 3 is 2.55 bits per heavy atom. The van der Waals surface area contributed by atoms with Crippen LogP contribution in [0, 0.1) is 5.92 Å². The number of Topliss-reactive ketones (excluding diaryl/α,β-unsaturated/α-hetero) is 1. The summed E-state index contributed by atoms with van der Waals surface area (Å²) in [5.41, 5.74) is 0.144. The number of rotatable bonds is 11. The molecule has 166 valence electrons. The van der Waals surface area contributed by atoms with Crippen LogP contribution in [0.15, 0.2) is 10.6 Å². The van der Waals surface area contributed by atoms with Gasteiger partial charge in [0.15, 0.2) is 15.6 Å². The molecule has 1 N–H and O–H groups in total. The Labute approximate surface area is 172 Å². The number of hydrogen-bond donors (Lipinski definition) is 1. The van der Waals surface area contributed by atoms with Crippen molar-refractivity contribution in [3.8, 4) is 0 Å². The summed E-state index contributed by atoms with van der Waals surface area (Å²) < 4.78 is 40.3. The van der Waals surface area contributed by atoms with Gasteiger partial charge in [-0.2, -0.15) is 0 Å². The molecule has 9 heteroatoms. The van der Waals surface area contributed by atoms with Crippen molar-refractivity contribution in [3.05, 3.63) is 17.5 Å². The number of ether oxygens (including phenoxy) is 2. The fourth-order valence-corrected chi connectivity index (χ4v) is 4.95. The fourth-order valence-electron chi connectivity index (χ4n) is 3.16. The topological polar surface area (TPSA) is 116 Å². The molecule has 2 heterocycles. The molecule has 0 unspecified atom stereocenters. The molecule has 29 heavy (non-hydrogen) atoms. The molecule has 0 spiro atoms. The highest BCUT2D eigenvalue weighted by atomic mass is 32.2. The van der Waals surface area contributed by atoms with Gasteiger partial charge in [-0.25, -0.2) is 8.42 Å². The number of aliphatic hydroxyl groups is 1. The average Bonchev–Trinajstić information content (AvgIpc) is 3.11. The number of carbonyl (C=O) groups excluding carboxylic acids is 1. The molecule has 1 aliphatic rings. The zero-order valence-electron chi connectivity index (χ0n) is 17.8. The van der Waals surface area contributed by atoms with Gasteiger partial charge in [-0.1, -0.05) is 19.0 Å². The fraction of sp³-hybridized carbons (Fsp3) is 0.800. The van der Waals surface area contributed by atoms with Crippen LogP contribution in [-0.2, 0) is 35.9 Å². The van der Waals surface area contributed by atoms with Gasteiger partial charge in [0.2, 0.25) is 0 Å². The van der Waals surface area contributed by atoms with Crippen LogP contribution in [0.1, 0.15) is 52.0 Å². The second-order valence-electron chi connectivity index (χ2n) is 8.79. The number of sulfone groups is 1. The van der Waals surface area contributed by atoms with Crippen molar-refractivity contribution in [3.63, 3.8) is 0 Å². The number of aliphatic hydroxyl groups excluding tert-OH is 1. The maximum Gasteiger partial charge on any atom is 0.162 e. The maximum atomic E-state index is 12.9. The molecule has 1 aromatic rings. The number of carbonyl (C=O) groups is 1. The first-order valence-electron chi connectivity index (χ1n) is 9.97. The SMILES string of the molecule is CC(C)(COCCO)c1cc(CC(=O)C(C)(C)S(=O)(=O)CC2CCOCC2)on1. The third-order valence-corrected chi connectivity index (χ3v) is 8.22. The summed E-state index contributed by atoms with van der Waals surface area (Å²) in [4.78, 5) is 12.8.